The highest BCUT2D eigenvalue weighted by atomic mass is 19.4. The Labute approximate surface area is 102 Å². The second kappa shape index (κ2) is 6.25. The fraction of sp³-hybridized carbons (Fsp3) is 0.364. The van der Waals surface area contributed by atoms with E-state index < -0.39 is 12.8 Å². The molecule has 1 aromatic rings. The number of amides is 1. The van der Waals surface area contributed by atoms with Gasteiger partial charge >= 0.3 is 6.18 Å². The minimum absolute atomic E-state index is 0.0505. The van der Waals surface area contributed by atoms with E-state index in [2.05, 4.69) is 15.4 Å². The van der Waals surface area contributed by atoms with Gasteiger partial charge in [0.25, 0.3) is 0 Å². The number of alkyl halides is 3. The fourth-order valence-electron chi connectivity index (χ4n) is 1.19. The van der Waals surface area contributed by atoms with E-state index in [1.54, 1.807) is 13.1 Å². The number of ether oxygens (including phenoxy) is 1. The number of hydrogen-bond acceptors (Lipinski definition) is 3. The number of rotatable bonds is 5. The summed E-state index contributed by atoms with van der Waals surface area (Å²) in [7, 11) is 1.61. The van der Waals surface area contributed by atoms with Gasteiger partial charge in [0.2, 0.25) is 5.91 Å². The molecule has 1 rings (SSSR count). The standard InChI is InChI=1S/C11H13F3N2O2/c1-15-6-10(17)16-8-3-2-4-9(5-8)18-7-11(12,13)14/h2-5,15H,6-7H2,1H3,(H,16,17). The van der Waals surface area contributed by atoms with Gasteiger partial charge in [-0.3, -0.25) is 4.79 Å². The van der Waals surface area contributed by atoms with Crippen LogP contribution in [0.3, 0.4) is 0 Å². The summed E-state index contributed by atoms with van der Waals surface area (Å²) in [5, 5.41) is 5.17. The Morgan fingerprint density at radius 3 is 2.72 bits per heavy atom. The highest BCUT2D eigenvalue weighted by molar-refractivity contribution is 5.92. The highest BCUT2D eigenvalue weighted by Gasteiger charge is 2.28. The molecule has 0 radical (unpaired) electrons. The summed E-state index contributed by atoms with van der Waals surface area (Å²) < 4.78 is 40.4. The zero-order valence-corrected chi connectivity index (χ0v) is 9.67. The lowest BCUT2D eigenvalue weighted by Gasteiger charge is -2.10. The van der Waals surface area contributed by atoms with Crippen LogP contribution in [0.1, 0.15) is 0 Å². The molecule has 0 saturated heterocycles. The van der Waals surface area contributed by atoms with Crippen molar-refractivity contribution in [2.45, 2.75) is 6.18 Å². The average Bonchev–Trinajstić information content (AvgIpc) is 2.26. The van der Waals surface area contributed by atoms with Crippen LogP contribution in [-0.4, -0.2) is 32.3 Å². The van der Waals surface area contributed by atoms with E-state index in [0.29, 0.717) is 5.69 Å². The van der Waals surface area contributed by atoms with Crippen LogP contribution in [0, 0.1) is 0 Å². The second-order valence-electron chi connectivity index (χ2n) is 3.51. The second-order valence-corrected chi connectivity index (χ2v) is 3.51. The van der Waals surface area contributed by atoms with Gasteiger partial charge in [0.15, 0.2) is 6.61 Å². The smallest absolute Gasteiger partial charge is 0.422 e. The molecule has 0 heterocycles. The maximum Gasteiger partial charge on any atom is 0.422 e. The molecular formula is C11H13F3N2O2. The van der Waals surface area contributed by atoms with Crippen molar-refractivity contribution >= 4 is 11.6 Å². The Balaban J connectivity index is 2.59. The average molecular weight is 262 g/mol. The Kier molecular flexibility index (Phi) is 4.96. The van der Waals surface area contributed by atoms with Crippen LogP contribution < -0.4 is 15.4 Å². The van der Waals surface area contributed by atoms with E-state index in [1.807, 2.05) is 0 Å². The Morgan fingerprint density at radius 2 is 2.11 bits per heavy atom. The van der Waals surface area contributed by atoms with Crippen molar-refractivity contribution in [2.24, 2.45) is 0 Å². The molecule has 2 N–H and O–H groups in total. The topological polar surface area (TPSA) is 50.4 Å². The number of hydrogen-bond donors (Lipinski definition) is 2. The van der Waals surface area contributed by atoms with Crippen LogP contribution in [0.15, 0.2) is 24.3 Å². The van der Waals surface area contributed by atoms with Gasteiger partial charge in [-0.05, 0) is 19.2 Å². The molecule has 0 fully saturated rings. The van der Waals surface area contributed by atoms with Crippen LogP contribution in [0.4, 0.5) is 18.9 Å². The van der Waals surface area contributed by atoms with Crippen molar-refractivity contribution in [2.75, 3.05) is 25.5 Å². The fourth-order valence-corrected chi connectivity index (χ4v) is 1.19. The number of carbonyl (C=O) groups is 1. The van der Waals surface area contributed by atoms with Gasteiger partial charge < -0.3 is 15.4 Å². The number of carbonyl (C=O) groups excluding carboxylic acids is 1. The Morgan fingerprint density at radius 1 is 1.39 bits per heavy atom. The number of benzene rings is 1. The number of anilines is 1. The third kappa shape index (κ3) is 5.53. The number of likely N-dealkylation sites (N-methyl/N-ethyl adjacent to an activating group) is 1. The molecule has 0 aliphatic carbocycles. The molecule has 100 valence electrons. The zero-order valence-electron chi connectivity index (χ0n) is 9.67. The summed E-state index contributed by atoms with van der Waals surface area (Å²) in [4.78, 5) is 11.2. The molecule has 4 nitrogen and oxygen atoms in total. The van der Waals surface area contributed by atoms with E-state index in [0.717, 1.165) is 0 Å². The van der Waals surface area contributed by atoms with E-state index >= 15 is 0 Å². The van der Waals surface area contributed by atoms with E-state index in [4.69, 9.17) is 0 Å². The molecular weight excluding hydrogens is 249 g/mol. The molecule has 1 aromatic carbocycles. The van der Waals surface area contributed by atoms with Crippen molar-refractivity contribution in [3.63, 3.8) is 0 Å². The maximum atomic E-state index is 11.9. The third-order valence-corrected chi connectivity index (χ3v) is 1.86. The molecule has 0 aromatic heterocycles. The lowest BCUT2D eigenvalue weighted by atomic mass is 10.3. The maximum absolute atomic E-state index is 11.9. The largest absolute Gasteiger partial charge is 0.484 e. The van der Waals surface area contributed by atoms with Gasteiger partial charge in [-0.1, -0.05) is 6.07 Å². The van der Waals surface area contributed by atoms with Crippen LogP contribution >= 0.6 is 0 Å². The molecule has 18 heavy (non-hydrogen) atoms. The first-order valence-electron chi connectivity index (χ1n) is 5.15. The quantitative estimate of drug-likeness (QED) is 0.850. The van der Waals surface area contributed by atoms with Gasteiger partial charge in [-0.15, -0.1) is 0 Å². The van der Waals surface area contributed by atoms with Crippen LogP contribution in [0.2, 0.25) is 0 Å². The van der Waals surface area contributed by atoms with Crippen LogP contribution in [-0.2, 0) is 4.79 Å². The number of nitrogens with one attached hydrogen (secondary N) is 2. The Hall–Kier alpha value is -1.76. The lowest BCUT2D eigenvalue weighted by molar-refractivity contribution is -0.153. The van der Waals surface area contributed by atoms with Crippen molar-refractivity contribution in [1.82, 2.24) is 5.32 Å². The molecule has 0 atom stereocenters. The molecule has 0 saturated carbocycles. The summed E-state index contributed by atoms with van der Waals surface area (Å²) in [5.41, 5.74) is 0.384. The lowest BCUT2D eigenvalue weighted by Crippen LogP contribution is -2.25. The molecule has 0 unspecified atom stereocenters. The van der Waals surface area contributed by atoms with Crippen molar-refractivity contribution in [3.8, 4) is 5.75 Å². The molecule has 0 aliphatic heterocycles. The van der Waals surface area contributed by atoms with Gasteiger partial charge in [0, 0.05) is 11.8 Å². The van der Waals surface area contributed by atoms with E-state index in [-0.39, 0.29) is 18.2 Å². The molecule has 0 aliphatic rings. The summed E-state index contributed by atoms with van der Waals surface area (Å²) in [6.07, 6.45) is -4.38. The first-order valence-corrected chi connectivity index (χ1v) is 5.15. The third-order valence-electron chi connectivity index (χ3n) is 1.86. The van der Waals surface area contributed by atoms with Crippen LogP contribution in [0.5, 0.6) is 5.75 Å². The molecule has 0 spiro atoms. The highest BCUT2D eigenvalue weighted by Crippen LogP contribution is 2.21. The van der Waals surface area contributed by atoms with Crippen LogP contribution in [0.25, 0.3) is 0 Å². The SMILES string of the molecule is CNCC(=O)Nc1cccc(OCC(F)(F)F)c1. The summed E-state index contributed by atoms with van der Waals surface area (Å²) in [6.45, 7) is -1.24. The molecule has 1 amide bonds. The minimum atomic E-state index is -4.38. The van der Waals surface area contributed by atoms with Crippen molar-refractivity contribution in [3.05, 3.63) is 24.3 Å². The minimum Gasteiger partial charge on any atom is -0.484 e. The van der Waals surface area contributed by atoms with E-state index in [9.17, 15) is 18.0 Å². The van der Waals surface area contributed by atoms with Crippen molar-refractivity contribution < 1.29 is 22.7 Å². The van der Waals surface area contributed by atoms with Gasteiger partial charge in [-0.2, -0.15) is 13.2 Å². The summed E-state index contributed by atoms with van der Waals surface area (Å²) in [6, 6.07) is 5.79. The van der Waals surface area contributed by atoms with Gasteiger partial charge in [-0.25, -0.2) is 0 Å². The van der Waals surface area contributed by atoms with Gasteiger partial charge in [0.05, 0.1) is 6.54 Å². The molecule has 7 heteroatoms. The first-order chi connectivity index (χ1) is 8.40. The summed E-state index contributed by atoms with van der Waals surface area (Å²) in [5.74, 6) is -0.236. The first kappa shape index (κ1) is 14.3. The number of halogens is 3. The predicted molar refractivity (Wildman–Crippen MR) is 60.5 cm³/mol. The van der Waals surface area contributed by atoms with Crippen molar-refractivity contribution in [1.29, 1.82) is 0 Å². The Bertz CT molecular complexity index is 408. The molecule has 0 bridgehead atoms. The predicted octanol–water partition coefficient (Wildman–Crippen LogP) is 1.79. The summed E-state index contributed by atoms with van der Waals surface area (Å²) >= 11 is 0. The van der Waals surface area contributed by atoms with Gasteiger partial charge in [0.1, 0.15) is 5.75 Å². The monoisotopic (exact) mass is 262 g/mol. The normalized spacial score (nSPS) is 11.1. The zero-order chi connectivity index (χ0) is 13.6. The van der Waals surface area contributed by atoms with E-state index in [1.165, 1.54) is 18.2 Å².